The second kappa shape index (κ2) is 11.0. The molecule has 0 atom stereocenters. The lowest BCUT2D eigenvalue weighted by Gasteiger charge is -2.17. The molecule has 33 heavy (non-hydrogen) atoms. The number of nitrogens with zero attached hydrogens (tertiary/aromatic N) is 1. The summed E-state index contributed by atoms with van der Waals surface area (Å²) in [5.41, 5.74) is 2.03. The van der Waals surface area contributed by atoms with Crippen LogP contribution in [0, 0.1) is 11.8 Å². The number of benzene rings is 2. The van der Waals surface area contributed by atoms with Crippen LogP contribution in [0.2, 0.25) is 0 Å². The van der Waals surface area contributed by atoms with Crippen molar-refractivity contribution in [1.29, 1.82) is 0 Å². The first-order chi connectivity index (χ1) is 15.8. The zero-order chi connectivity index (χ0) is 24.0. The minimum Gasteiger partial charge on any atom is -0.494 e. The van der Waals surface area contributed by atoms with Crippen LogP contribution in [0.25, 0.3) is 5.57 Å². The lowest BCUT2D eigenvalue weighted by Crippen LogP contribution is -2.35. The highest BCUT2D eigenvalue weighted by Crippen LogP contribution is 2.32. The largest absolute Gasteiger partial charge is 0.494 e. The summed E-state index contributed by atoms with van der Waals surface area (Å²) in [5.74, 6) is 1.43. The van der Waals surface area contributed by atoms with Gasteiger partial charge in [0, 0.05) is 18.3 Å². The molecule has 2 aromatic carbocycles. The monoisotopic (exact) mass is 450 g/mol. The van der Waals surface area contributed by atoms with Crippen LogP contribution in [0.5, 0.6) is 11.5 Å². The Morgan fingerprint density at radius 2 is 1.61 bits per heavy atom. The molecule has 1 aliphatic rings. The summed E-state index contributed by atoms with van der Waals surface area (Å²) in [5, 5.41) is 3.20. The van der Waals surface area contributed by atoms with Gasteiger partial charge in [-0.25, -0.2) is 0 Å². The number of amides is 2. The lowest BCUT2D eigenvalue weighted by molar-refractivity contribution is -0.137. The highest BCUT2D eigenvalue weighted by Gasteiger charge is 2.39. The highest BCUT2D eigenvalue weighted by molar-refractivity contribution is 6.36. The molecule has 0 radical (unpaired) electrons. The van der Waals surface area contributed by atoms with Crippen LogP contribution < -0.4 is 14.8 Å². The van der Waals surface area contributed by atoms with Crippen molar-refractivity contribution in [3.63, 3.8) is 0 Å². The Morgan fingerprint density at radius 1 is 0.879 bits per heavy atom. The van der Waals surface area contributed by atoms with Gasteiger partial charge >= 0.3 is 0 Å². The third kappa shape index (κ3) is 6.15. The molecule has 0 saturated heterocycles. The van der Waals surface area contributed by atoms with Gasteiger partial charge in [0.15, 0.2) is 0 Å². The summed E-state index contributed by atoms with van der Waals surface area (Å²) in [6.07, 6.45) is 0.904. The molecular weight excluding hydrogens is 416 g/mol. The van der Waals surface area contributed by atoms with Crippen LogP contribution in [-0.4, -0.2) is 36.5 Å². The van der Waals surface area contributed by atoms with E-state index >= 15 is 0 Å². The summed E-state index contributed by atoms with van der Waals surface area (Å²) in [6.45, 7) is 11.8. The van der Waals surface area contributed by atoms with E-state index in [1.54, 1.807) is 0 Å². The number of rotatable bonds is 11. The summed E-state index contributed by atoms with van der Waals surface area (Å²) in [6, 6.07) is 14.8. The van der Waals surface area contributed by atoms with Gasteiger partial charge in [-0.15, -0.1) is 0 Å². The fourth-order valence-electron chi connectivity index (χ4n) is 3.50. The molecule has 176 valence electrons. The molecule has 0 fully saturated rings. The topological polar surface area (TPSA) is 67.9 Å². The van der Waals surface area contributed by atoms with Crippen LogP contribution in [0.3, 0.4) is 0 Å². The van der Waals surface area contributed by atoms with Crippen LogP contribution in [0.1, 0.15) is 46.6 Å². The molecule has 2 aromatic rings. The number of nitrogens with one attached hydrogen (secondary N) is 1. The maximum Gasteiger partial charge on any atom is 0.278 e. The van der Waals surface area contributed by atoms with E-state index in [2.05, 4.69) is 19.2 Å². The Hall–Kier alpha value is -3.28. The van der Waals surface area contributed by atoms with Crippen molar-refractivity contribution in [3.8, 4) is 11.5 Å². The van der Waals surface area contributed by atoms with Crippen LogP contribution in [-0.2, 0) is 9.59 Å². The number of hydrogen-bond donors (Lipinski definition) is 1. The van der Waals surface area contributed by atoms with Gasteiger partial charge in [-0.1, -0.05) is 52.8 Å². The number of carbonyl (C=O) groups excluding carboxylic acids is 2. The van der Waals surface area contributed by atoms with E-state index in [1.807, 2.05) is 69.3 Å². The zero-order valence-corrected chi connectivity index (χ0v) is 20.2. The molecule has 0 bridgehead atoms. The molecule has 1 heterocycles. The number of imide groups is 1. The van der Waals surface area contributed by atoms with Crippen molar-refractivity contribution in [1.82, 2.24) is 4.90 Å². The number of carbonyl (C=O) groups is 2. The Balaban J connectivity index is 1.94. The van der Waals surface area contributed by atoms with Crippen LogP contribution >= 0.6 is 0 Å². The first kappa shape index (κ1) is 24.4. The molecule has 6 heteroatoms. The van der Waals surface area contributed by atoms with E-state index in [1.165, 1.54) is 4.90 Å². The van der Waals surface area contributed by atoms with E-state index in [0.717, 1.165) is 12.2 Å². The molecule has 0 aliphatic carbocycles. The standard InChI is InChI=1S/C27H34N2O4/c1-6-14-32-23-9-7-8-21(15-23)28-25-24(26(30)29(27(25)31)16-18(2)3)20-10-12-22(13-11-20)33-17-19(4)5/h7-13,15,18-19,28H,6,14,16-17H2,1-5H3. The molecule has 2 amide bonds. The highest BCUT2D eigenvalue weighted by atomic mass is 16.5. The van der Waals surface area contributed by atoms with Gasteiger partial charge in [0.05, 0.1) is 18.8 Å². The van der Waals surface area contributed by atoms with E-state index in [9.17, 15) is 9.59 Å². The lowest BCUT2D eigenvalue weighted by atomic mass is 10.0. The van der Waals surface area contributed by atoms with E-state index in [0.29, 0.717) is 48.2 Å². The number of hydrogen-bond acceptors (Lipinski definition) is 5. The van der Waals surface area contributed by atoms with Crippen molar-refractivity contribution >= 4 is 23.1 Å². The van der Waals surface area contributed by atoms with Crippen molar-refractivity contribution in [2.45, 2.75) is 41.0 Å². The van der Waals surface area contributed by atoms with Gasteiger partial charge in [0.2, 0.25) is 0 Å². The fourth-order valence-corrected chi connectivity index (χ4v) is 3.50. The Bertz CT molecular complexity index is 1010. The molecule has 0 aromatic heterocycles. The first-order valence-corrected chi connectivity index (χ1v) is 11.6. The van der Waals surface area contributed by atoms with Gasteiger partial charge in [0.25, 0.3) is 11.8 Å². The van der Waals surface area contributed by atoms with Crippen molar-refractivity contribution in [2.75, 3.05) is 25.1 Å². The van der Waals surface area contributed by atoms with Gasteiger partial charge < -0.3 is 14.8 Å². The van der Waals surface area contributed by atoms with Crippen LogP contribution in [0.15, 0.2) is 54.2 Å². The Labute approximate surface area is 196 Å². The minimum atomic E-state index is -0.316. The number of ether oxygens (including phenoxy) is 2. The molecule has 0 saturated carbocycles. The van der Waals surface area contributed by atoms with Crippen LogP contribution in [0.4, 0.5) is 5.69 Å². The first-order valence-electron chi connectivity index (χ1n) is 11.6. The second-order valence-electron chi connectivity index (χ2n) is 9.10. The second-order valence-corrected chi connectivity index (χ2v) is 9.10. The van der Waals surface area contributed by atoms with Crippen molar-refractivity contribution < 1.29 is 19.1 Å². The third-order valence-corrected chi connectivity index (χ3v) is 5.02. The van der Waals surface area contributed by atoms with Gasteiger partial charge in [-0.2, -0.15) is 0 Å². The molecule has 0 spiro atoms. The maximum absolute atomic E-state index is 13.3. The van der Waals surface area contributed by atoms with Crippen molar-refractivity contribution in [3.05, 3.63) is 59.8 Å². The SMILES string of the molecule is CCCOc1cccc(NC2=C(c3ccc(OCC(C)C)cc3)C(=O)N(CC(C)C)C2=O)c1. The van der Waals surface area contributed by atoms with E-state index in [4.69, 9.17) is 9.47 Å². The Morgan fingerprint density at radius 3 is 2.24 bits per heavy atom. The predicted molar refractivity (Wildman–Crippen MR) is 131 cm³/mol. The minimum absolute atomic E-state index is 0.163. The maximum atomic E-state index is 13.3. The average molecular weight is 451 g/mol. The summed E-state index contributed by atoms with van der Waals surface area (Å²) >= 11 is 0. The molecule has 6 nitrogen and oxygen atoms in total. The summed E-state index contributed by atoms with van der Waals surface area (Å²) < 4.78 is 11.5. The molecule has 1 aliphatic heterocycles. The van der Waals surface area contributed by atoms with E-state index < -0.39 is 0 Å². The molecule has 3 rings (SSSR count). The smallest absolute Gasteiger partial charge is 0.278 e. The third-order valence-electron chi connectivity index (χ3n) is 5.02. The normalized spacial score (nSPS) is 14.0. The molecular formula is C27H34N2O4. The van der Waals surface area contributed by atoms with Gasteiger partial charge in [-0.3, -0.25) is 14.5 Å². The van der Waals surface area contributed by atoms with Crippen molar-refractivity contribution in [2.24, 2.45) is 11.8 Å². The van der Waals surface area contributed by atoms with Gasteiger partial charge in [-0.05, 0) is 48.1 Å². The number of anilines is 1. The average Bonchev–Trinajstić information content (AvgIpc) is 3.01. The fraction of sp³-hybridized carbons (Fsp3) is 0.407. The summed E-state index contributed by atoms with van der Waals surface area (Å²) in [4.78, 5) is 27.9. The van der Waals surface area contributed by atoms with Gasteiger partial charge in [0.1, 0.15) is 17.2 Å². The van der Waals surface area contributed by atoms with E-state index in [-0.39, 0.29) is 23.4 Å². The summed E-state index contributed by atoms with van der Waals surface area (Å²) in [7, 11) is 0. The molecule has 1 N–H and O–H groups in total. The zero-order valence-electron chi connectivity index (χ0n) is 20.2. The predicted octanol–water partition coefficient (Wildman–Crippen LogP) is 5.36. The molecule has 0 unspecified atom stereocenters. The quantitative estimate of drug-likeness (QED) is 0.467. The Kier molecular flexibility index (Phi) is 8.15.